The number of ether oxygens (including phenoxy) is 1. The van der Waals surface area contributed by atoms with E-state index < -0.39 is 5.97 Å². The lowest BCUT2D eigenvalue weighted by atomic mass is 9.98. The molecule has 0 saturated heterocycles. The first-order valence-electron chi connectivity index (χ1n) is 6.50. The summed E-state index contributed by atoms with van der Waals surface area (Å²) in [7, 11) is 1.94. The van der Waals surface area contributed by atoms with E-state index >= 15 is 0 Å². The van der Waals surface area contributed by atoms with E-state index in [9.17, 15) is 4.79 Å². The minimum atomic E-state index is -0.774. The van der Waals surface area contributed by atoms with Gasteiger partial charge >= 0.3 is 5.97 Å². The van der Waals surface area contributed by atoms with Gasteiger partial charge in [0, 0.05) is 12.1 Å². The molecule has 0 unspecified atom stereocenters. The van der Waals surface area contributed by atoms with Crippen LogP contribution < -0.4 is 4.74 Å². The minimum absolute atomic E-state index is 0.126. The van der Waals surface area contributed by atoms with E-state index in [-0.39, 0.29) is 12.0 Å². The number of rotatable bonds is 7. The molecule has 19 heavy (non-hydrogen) atoms. The molecule has 4 nitrogen and oxygen atoms in total. The lowest BCUT2D eigenvalue weighted by Crippen LogP contribution is -2.42. The molecule has 0 aliphatic heterocycles. The predicted molar refractivity (Wildman–Crippen MR) is 75.4 cm³/mol. The van der Waals surface area contributed by atoms with E-state index in [1.54, 1.807) is 0 Å². The number of aliphatic carboxylic acids is 1. The van der Waals surface area contributed by atoms with Crippen molar-refractivity contribution in [3.63, 3.8) is 0 Å². The fraction of sp³-hybridized carbons (Fsp3) is 0.533. The Morgan fingerprint density at radius 2 is 1.89 bits per heavy atom. The maximum atomic E-state index is 10.8. The molecule has 106 valence electrons. The van der Waals surface area contributed by atoms with Gasteiger partial charge in [0.05, 0.1) is 13.0 Å². The van der Waals surface area contributed by atoms with Crippen LogP contribution in [0.5, 0.6) is 5.75 Å². The van der Waals surface area contributed by atoms with Crippen LogP contribution in [-0.4, -0.2) is 35.2 Å². The molecule has 0 saturated carbocycles. The van der Waals surface area contributed by atoms with E-state index in [0.29, 0.717) is 13.2 Å². The van der Waals surface area contributed by atoms with Crippen LogP contribution >= 0.6 is 0 Å². The maximum absolute atomic E-state index is 10.8. The second kappa shape index (κ2) is 6.57. The molecular formula is C15H23NO3. The van der Waals surface area contributed by atoms with E-state index in [1.807, 2.05) is 52.1 Å². The van der Waals surface area contributed by atoms with Crippen LogP contribution in [-0.2, 0) is 11.3 Å². The van der Waals surface area contributed by atoms with Crippen molar-refractivity contribution >= 4 is 5.97 Å². The fourth-order valence-electron chi connectivity index (χ4n) is 1.85. The van der Waals surface area contributed by atoms with Gasteiger partial charge in [0.2, 0.25) is 0 Å². The van der Waals surface area contributed by atoms with E-state index in [1.165, 1.54) is 0 Å². The first-order valence-corrected chi connectivity index (χ1v) is 6.50. The van der Waals surface area contributed by atoms with Crippen molar-refractivity contribution in [2.75, 3.05) is 13.7 Å². The molecule has 1 rings (SSSR count). The Hall–Kier alpha value is -1.55. The Kier molecular flexibility index (Phi) is 5.36. The molecule has 0 fully saturated rings. The zero-order valence-corrected chi connectivity index (χ0v) is 12.1. The van der Waals surface area contributed by atoms with Crippen LogP contribution in [0.15, 0.2) is 24.3 Å². The molecule has 0 radical (unpaired) electrons. The molecule has 0 heterocycles. The van der Waals surface area contributed by atoms with Gasteiger partial charge in [-0.3, -0.25) is 9.69 Å². The van der Waals surface area contributed by atoms with E-state index in [2.05, 4.69) is 4.90 Å². The molecule has 0 aliphatic rings. The topological polar surface area (TPSA) is 49.8 Å². The van der Waals surface area contributed by atoms with E-state index in [0.717, 1.165) is 11.3 Å². The Balaban J connectivity index is 2.65. The van der Waals surface area contributed by atoms with Crippen molar-refractivity contribution in [1.29, 1.82) is 0 Å². The van der Waals surface area contributed by atoms with Gasteiger partial charge < -0.3 is 9.84 Å². The second-order valence-corrected chi connectivity index (χ2v) is 5.32. The Morgan fingerprint density at radius 3 is 2.37 bits per heavy atom. The molecule has 0 aromatic heterocycles. The quantitative estimate of drug-likeness (QED) is 0.823. The predicted octanol–water partition coefficient (Wildman–Crippen LogP) is 2.77. The minimum Gasteiger partial charge on any atom is -0.494 e. The van der Waals surface area contributed by atoms with Crippen molar-refractivity contribution in [2.24, 2.45) is 0 Å². The number of carboxylic acid groups (broad SMARTS) is 1. The van der Waals surface area contributed by atoms with Gasteiger partial charge in [0.15, 0.2) is 0 Å². The molecular weight excluding hydrogens is 242 g/mol. The Morgan fingerprint density at radius 1 is 1.32 bits per heavy atom. The number of nitrogens with zero attached hydrogens (tertiary/aromatic N) is 1. The summed E-state index contributed by atoms with van der Waals surface area (Å²) in [6.45, 7) is 7.21. The van der Waals surface area contributed by atoms with Gasteiger partial charge in [0.25, 0.3) is 0 Å². The molecule has 1 aromatic carbocycles. The molecule has 0 spiro atoms. The van der Waals surface area contributed by atoms with Crippen molar-refractivity contribution in [1.82, 2.24) is 4.90 Å². The summed E-state index contributed by atoms with van der Waals surface area (Å²) in [5, 5.41) is 8.92. The molecule has 1 aromatic rings. The van der Waals surface area contributed by atoms with Crippen LogP contribution in [0.2, 0.25) is 0 Å². The molecule has 0 aliphatic carbocycles. The van der Waals surface area contributed by atoms with Gasteiger partial charge in [-0.2, -0.15) is 0 Å². The number of hydrogen-bond donors (Lipinski definition) is 1. The summed E-state index contributed by atoms with van der Waals surface area (Å²) in [6, 6.07) is 7.91. The zero-order chi connectivity index (χ0) is 14.5. The van der Waals surface area contributed by atoms with Gasteiger partial charge in [-0.15, -0.1) is 0 Å². The van der Waals surface area contributed by atoms with Gasteiger partial charge in [-0.1, -0.05) is 12.1 Å². The average Bonchev–Trinajstić information content (AvgIpc) is 2.30. The molecule has 0 amide bonds. The van der Waals surface area contributed by atoms with Crippen LogP contribution in [0.3, 0.4) is 0 Å². The van der Waals surface area contributed by atoms with Crippen molar-refractivity contribution in [3.8, 4) is 5.75 Å². The molecule has 0 bridgehead atoms. The monoisotopic (exact) mass is 265 g/mol. The average molecular weight is 265 g/mol. The molecule has 1 N–H and O–H groups in total. The first kappa shape index (κ1) is 15.5. The van der Waals surface area contributed by atoms with Crippen LogP contribution in [0.4, 0.5) is 0 Å². The highest BCUT2D eigenvalue weighted by atomic mass is 16.5. The molecule has 0 atom stereocenters. The van der Waals surface area contributed by atoms with Crippen LogP contribution in [0.1, 0.15) is 32.8 Å². The molecule has 4 heteroatoms. The summed E-state index contributed by atoms with van der Waals surface area (Å²) in [6.07, 6.45) is 0.126. The highest BCUT2D eigenvalue weighted by Crippen LogP contribution is 2.21. The maximum Gasteiger partial charge on any atom is 0.305 e. The standard InChI is InChI=1S/C15H23NO3/c1-5-19-13-8-6-12(7-9-13)11-16(4)15(2,3)10-14(17)18/h6-9H,5,10-11H2,1-4H3,(H,17,18). The van der Waals surface area contributed by atoms with Gasteiger partial charge in [-0.25, -0.2) is 0 Å². The Labute approximate surface area is 115 Å². The van der Waals surface area contributed by atoms with Crippen molar-refractivity contribution in [2.45, 2.75) is 39.3 Å². The number of benzene rings is 1. The van der Waals surface area contributed by atoms with Crippen molar-refractivity contribution in [3.05, 3.63) is 29.8 Å². The fourth-order valence-corrected chi connectivity index (χ4v) is 1.85. The second-order valence-electron chi connectivity index (χ2n) is 5.32. The first-order chi connectivity index (χ1) is 8.85. The highest BCUT2D eigenvalue weighted by Gasteiger charge is 2.26. The largest absolute Gasteiger partial charge is 0.494 e. The summed E-state index contributed by atoms with van der Waals surface area (Å²) >= 11 is 0. The lowest BCUT2D eigenvalue weighted by molar-refractivity contribution is -0.139. The highest BCUT2D eigenvalue weighted by molar-refractivity contribution is 5.68. The smallest absolute Gasteiger partial charge is 0.305 e. The Bertz CT molecular complexity index is 412. The number of hydrogen-bond acceptors (Lipinski definition) is 3. The summed E-state index contributed by atoms with van der Waals surface area (Å²) in [4.78, 5) is 12.9. The third-order valence-electron chi connectivity index (χ3n) is 3.27. The SMILES string of the molecule is CCOc1ccc(CN(C)C(C)(C)CC(=O)O)cc1. The van der Waals surface area contributed by atoms with E-state index in [4.69, 9.17) is 9.84 Å². The summed E-state index contributed by atoms with van der Waals surface area (Å²) in [5.74, 6) is 0.0854. The lowest BCUT2D eigenvalue weighted by Gasteiger charge is -2.34. The van der Waals surface area contributed by atoms with Gasteiger partial charge in [0.1, 0.15) is 5.75 Å². The summed E-state index contributed by atoms with van der Waals surface area (Å²) < 4.78 is 5.39. The number of carboxylic acids is 1. The zero-order valence-electron chi connectivity index (χ0n) is 12.1. The normalized spacial score (nSPS) is 11.6. The van der Waals surface area contributed by atoms with Crippen LogP contribution in [0, 0.1) is 0 Å². The summed E-state index contributed by atoms with van der Waals surface area (Å²) in [5.41, 5.74) is 0.772. The third kappa shape index (κ3) is 4.91. The van der Waals surface area contributed by atoms with Gasteiger partial charge in [-0.05, 0) is 45.5 Å². The van der Waals surface area contributed by atoms with Crippen LogP contribution in [0.25, 0.3) is 0 Å². The third-order valence-corrected chi connectivity index (χ3v) is 3.27. The number of carbonyl (C=O) groups is 1. The van der Waals surface area contributed by atoms with Crippen molar-refractivity contribution < 1.29 is 14.6 Å².